The molecule has 27 heavy (non-hydrogen) atoms. The molecule has 2 aliphatic heterocycles. The van der Waals surface area contributed by atoms with Crippen LogP contribution in [0, 0.1) is 0 Å². The summed E-state index contributed by atoms with van der Waals surface area (Å²) in [7, 11) is 0. The molecule has 0 fully saturated rings. The molecule has 0 saturated heterocycles. The van der Waals surface area contributed by atoms with Crippen LogP contribution in [-0.4, -0.2) is 17.4 Å². The lowest BCUT2D eigenvalue weighted by molar-refractivity contribution is -0.352. The van der Waals surface area contributed by atoms with Crippen LogP contribution < -0.4 is 0 Å². The molecule has 0 bridgehead atoms. The average molecular weight is 351 g/mol. The Morgan fingerprint density at radius 1 is 0.852 bits per heavy atom. The second kappa shape index (κ2) is 7.19. The zero-order valence-electron chi connectivity index (χ0n) is 16.6. The van der Waals surface area contributed by atoms with Gasteiger partial charge in [0, 0.05) is 0 Å². The van der Waals surface area contributed by atoms with Gasteiger partial charge in [0.15, 0.2) is 0 Å². The minimum absolute atomic E-state index is 0.192. The van der Waals surface area contributed by atoms with Crippen molar-refractivity contribution < 1.29 is 4.58 Å². The van der Waals surface area contributed by atoms with E-state index in [4.69, 9.17) is 0 Å². The van der Waals surface area contributed by atoms with Crippen molar-refractivity contribution in [1.29, 1.82) is 0 Å². The molecule has 0 atom stereocenters. The van der Waals surface area contributed by atoms with E-state index in [-0.39, 0.29) is 6.71 Å². The van der Waals surface area contributed by atoms with Crippen LogP contribution in [0.3, 0.4) is 0 Å². The van der Waals surface area contributed by atoms with Gasteiger partial charge in [0.2, 0.25) is 6.71 Å². The first-order valence-corrected chi connectivity index (χ1v) is 9.90. The SMILES string of the molecule is CC(C)c1cccc(C(C)C)c1[N+]1=[C-]B2C(=C1)C=CC=C2c1ccccc1. The Balaban J connectivity index is 1.84. The predicted octanol–water partition coefficient (Wildman–Crippen LogP) is 6.19. The van der Waals surface area contributed by atoms with E-state index < -0.39 is 0 Å². The van der Waals surface area contributed by atoms with E-state index in [1.807, 2.05) is 0 Å². The first-order chi connectivity index (χ1) is 13.1. The molecule has 0 aromatic heterocycles. The average Bonchev–Trinajstić information content (AvgIpc) is 3.12. The largest absolute Gasteiger partial charge is 0.336 e. The maximum absolute atomic E-state index is 3.77. The number of hydrogen-bond donors (Lipinski definition) is 0. The standard InChI is InChI=1S/C25H26BN/c1-18(2)22-13-9-14-23(19(3)4)25(22)27-16-21-12-8-15-24(26(21)17-27)20-10-6-5-7-11-20/h5-16,18-19H,1-4H3. The number of fused-ring (bicyclic) bond motifs is 1. The number of benzene rings is 2. The van der Waals surface area contributed by atoms with Gasteiger partial charge in [0.25, 0.3) is 0 Å². The molecule has 4 rings (SSSR count). The van der Waals surface area contributed by atoms with Crippen LogP contribution in [0.15, 0.2) is 78.4 Å². The maximum Gasteiger partial charge on any atom is 0.238 e. The molecular formula is C25H26BN. The molecule has 2 heterocycles. The fourth-order valence-corrected chi connectivity index (χ4v) is 4.03. The van der Waals surface area contributed by atoms with Crippen LogP contribution in [0.2, 0.25) is 0 Å². The Morgan fingerprint density at radius 2 is 1.52 bits per heavy atom. The molecule has 0 saturated carbocycles. The molecule has 2 aliphatic rings. The van der Waals surface area contributed by atoms with E-state index in [1.165, 1.54) is 33.3 Å². The highest BCUT2D eigenvalue weighted by atomic mass is 15.0. The quantitative estimate of drug-likeness (QED) is 0.351. The minimum atomic E-state index is 0.192. The smallest absolute Gasteiger partial charge is 0.238 e. The molecule has 0 amide bonds. The highest BCUT2D eigenvalue weighted by Crippen LogP contribution is 2.37. The molecule has 2 heteroatoms. The molecule has 0 spiro atoms. The van der Waals surface area contributed by atoms with E-state index in [0.717, 1.165) is 0 Å². The summed E-state index contributed by atoms with van der Waals surface area (Å²) < 4.78 is 2.26. The fraction of sp³-hybridized carbons (Fsp3) is 0.240. The lowest BCUT2D eigenvalue weighted by Gasteiger charge is -2.20. The van der Waals surface area contributed by atoms with Gasteiger partial charge in [-0.05, 0) is 28.5 Å². The molecule has 1 nitrogen and oxygen atoms in total. The monoisotopic (exact) mass is 351 g/mol. The maximum atomic E-state index is 3.77. The number of hydrogen-bond acceptors (Lipinski definition) is 0. The van der Waals surface area contributed by atoms with Crippen molar-refractivity contribution in [3.05, 3.63) is 95.1 Å². The van der Waals surface area contributed by atoms with Crippen LogP contribution in [0.1, 0.15) is 56.2 Å². The van der Waals surface area contributed by atoms with Gasteiger partial charge < -0.3 is 4.58 Å². The van der Waals surface area contributed by atoms with Crippen molar-refractivity contribution in [1.82, 2.24) is 0 Å². The van der Waals surface area contributed by atoms with E-state index in [9.17, 15) is 0 Å². The lowest BCUT2D eigenvalue weighted by Crippen LogP contribution is -2.21. The van der Waals surface area contributed by atoms with Gasteiger partial charge in [0.05, 0.1) is 12.3 Å². The van der Waals surface area contributed by atoms with Gasteiger partial charge in [-0.3, -0.25) is 0 Å². The molecule has 2 aromatic rings. The van der Waals surface area contributed by atoms with Crippen molar-refractivity contribution in [2.45, 2.75) is 39.5 Å². The first kappa shape index (κ1) is 17.8. The predicted molar refractivity (Wildman–Crippen MR) is 117 cm³/mol. The summed E-state index contributed by atoms with van der Waals surface area (Å²) in [5, 5.41) is 0. The second-order valence-electron chi connectivity index (χ2n) is 8.00. The van der Waals surface area contributed by atoms with Gasteiger partial charge in [-0.25, -0.2) is 0 Å². The normalized spacial score (nSPS) is 15.8. The highest BCUT2D eigenvalue weighted by Gasteiger charge is 2.30. The summed E-state index contributed by atoms with van der Waals surface area (Å²) in [6.07, 6.45) is 12.6. The second-order valence-corrected chi connectivity index (χ2v) is 8.00. The van der Waals surface area contributed by atoms with Crippen LogP contribution in [0.5, 0.6) is 0 Å². The number of para-hydroxylation sites is 1. The summed E-state index contributed by atoms with van der Waals surface area (Å²) in [6, 6.07) is 17.4. The number of rotatable bonds is 4. The zero-order chi connectivity index (χ0) is 19.0. The summed E-state index contributed by atoms with van der Waals surface area (Å²) in [5.74, 6) is 0.947. The summed E-state index contributed by atoms with van der Waals surface area (Å²) in [5.41, 5.74) is 7.99. The fourth-order valence-electron chi connectivity index (χ4n) is 4.03. The van der Waals surface area contributed by atoms with Crippen molar-refractivity contribution in [2.24, 2.45) is 0 Å². The Labute approximate surface area is 163 Å². The minimum Gasteiger partial charge on any atom is -0.336 e. The topological polar surface area (TPSA) is 3.01 Å². The number of nitrogens with zero attached hydrogens (tertiary/aromatic N) is 1. The van der Waals surface area contributed by atoms with Crippen LogP contribution >= 0.6 is 0 Å². The Kier molecular flexibility index (Phi) is 4.74. The van der Waals surface area contributed by atoms with Crippen LogP contribution in [0.4, 0.5) is 5.69 Å². The molecule has 2 aromatic carbocycles. The van der Waals surface area contributed by atoms with E-state index in [2.05, 4.69) is 111 Å². The summed E-state index contributed by atoms with van der Waals surface area (Å²) in [6.45, 7) is 9.28. The van der Waals surface area contributed by atoms with E-state index >= 15 is 0 Å². The molecule has 134 valence electrons. The Bertz CT molecular complexity index is 948. The summed E-state index contributed by atoms with van der Waals surface area (Å²) in [4.78, 5) is 0. The van der Waals surface area contributed by atoms with Crippen molar-refractivity contribution in [3.8, 4) is 0 Å². The van der Waals surface area contributed by atoms with Gasteiger partial charge >= 0.3 is 0 Å². The van der Waals surface area contributed by atoms with Gasteiger partial charge in [-0.2, -0.15) is 0 Å². The zero-order valence-corrected chi connectivity index (χ0v) is 16.6. The first-order valence-electron chi connectivity index (χ1n) is 9.90. The highest BCUT2D eigenvalue weighted by molar-refractivity contribution is 7.05. The Morgan fingerprint density at radius 3 is 2.15 bits per heavy atom. The third-order valence-electron chi connectivity index (χ3n) is 5.45. The van der Waals surface area contributed by atoms with Crippen molar-refractivity contribution in [3.63, 3.8) is 0 Å². The van der Waals surface area contributed by atoms with Gasteiger partial charge in [0.1, 0.15) is 5.69 Å². The summed E-state index contributed by atoms with van der Waals surface area (Å²) >= 11 is 0. The van der Waals surface area contributed by atoms with Gasteiger partial charge in [-0.1, -0.05) is 105 Å². The van der Waals surface area contributed by atoms with E-state index in [1.54, 1.807) is 0 Å². The van der Waals surface area contributed by atoms with Gasteiger partial charge in [-0.15, -0.1) is 0 Å². The Hall–Kier alpha value is -2.61. The number of allylic oxidation sites excluding steroid dienone is 4. The third-order valence-corrected chi connectivity index (χ3v) is 5.45. The van der Waals surface area contributed by atoms with Crippen LogP contribution in [0.25, 0.3) is 5.47 Å². The third kappa shape index (κ3) is 3.25. The molecule has 0 N–H and O–H groups in total. The van der Waals surface area contributed by atoms with Crippen LogP contribution in [-0.2, 0) is 0 Å². The van der Waals surface area contributed by atoms with E-state index in [0.29, 0.717) is 11.8 Å². The molecule has 0 unspecified atom stereocenters. The van der Waals surface area contributed by atoms with Crippen molar-refractivity contribution >= 4 is 24.0 Å². The lowest BCUT2D eigenvalue weighted by atomic mass is 9.39. The molecular weight excluding hydrogens is 325 g/mol. The molecule has 0 radical (unpaired) electrons. The van der Waals surface area contributed by atoms with Crippen molar-refractivity contribution in [2.75, 3.05) is 0 Å². The molecule has 0 aliphatic carbocycles.